The van der Waals surface area contributed by atoms with Crippen molar-refractivity contribution in [2.45, 2.75) is 33.9 Å². The number of hydrogen-bond donors (Lipinski definition) is 2. The highest BCUT2D eigenvalue weighted by atomic mass is 127. The number of aliphatic imine (C=N–C) groups is 1. The van der Waals surface area contributed by atoms with Crippen molar-refractivity contribution in [3.8, 4) is 17.3 Å². The molecule has 9 heteroatoms. The largest absolute Gasteiger partial charge is 0.454 e. The van der Waals surface area contributed by atoms with Crippen LogP contribution in [0.2, 0.25) is 0 Å². The average molecular weight is 534 g/mol. The van der Waals surface area contributed by atoms with Gasteiger partial charge < -0.3 is 20.1 Å². The smallest absolute Gasteiger partial charge is 0.231 e. The van der Waals surface area contributed by atoms with Crippen molar-refractivity contribution in [3.05, 3.63) is 65.1 Å². The van der Waals surface area contributed by atoms with Crippen LogP contribution in [-0.2, 0) is 13.1 Å². The molecule has 4 rings (SSSR count). The van der Waals surface area contributed by atoms with Crippen molar-refractivity contribution in [1.29, 1.82) is 0 Å². The molecule has 1 aromatic carbocycles. The van der Waals surface area contributed by atoms with Crippen LogP contribution >= 0.6 is 24.0 Å². The molecule has 1 aliphatic heterocycles. The Balaban J connectivity index is 0.00000272. The van der Waals surface area contributed by atoms with Crippen LogP contribution in [0.5, 0.6) is 11.5 Å². The summed E-state index contributed by atoms with van der Waals surface area (Å²) in [7, 11) is 0. The topological polar surface area (TPSA) is 85.6 Å². The van der Waals surface area contributed by atoms with Crippen LogP contribution < -0.4 is 20.1 Å². The van der Waals surface area contributed by atoms with Crippen LogP contribution in [0.4, 0.5) is 0 Å². The first-order valence-electron chi connectivity index (χ1n) is 10.0. The van der Waals surface area contributed by atoms with Gasteiger partial charge in [0, 0.05) is 25.0 Å². The summed E-state index contributed by atoms with van der Waals surface area (Å²) in [6, 6.07) is 12.0. The number of ether oxygens (including phenoxy) is 2. The van der Waals surface area contributed by atoms with E-state index in [0.29, 0.717) is 13.1 Å². The SMILES string of the molecule is CCNC(=NCc1ccc(-n2nc(C)cc2C)nc1)NCc1ccc2c(c1)OCO2.I. The number of nitrogens with one attached hydrogen (secondary N) is 2. The molecule has 0 amide bonds. The van der Waals surface area contributed by atoms with Crippen molar-refractivity contribution in [1.82, 2.24) is 25.4 Å². The van der Waals surface area contributed by atoms with Crippen LogP contribution in [0.25, 0.3) is 5.82 Å². The molecule has 0 saturated carbocycles. The normalized spacial score (nSPS) is 12.4. The Morgan fingerprint density at radius 1 is 1.06 bits per heavy atom. The standard InChI is InChI=1S/C22H26N6O2.HI/c1-4-23-22(25-11-17-5-7-19-20(10-17)30-14-29-19)26-13-18-6-8-21(24-12-18)28-16(3)9-15(2)27-28;/h5-10,12H,4,11,13-14H2,1-3H3,(H2,23,25,26);1H. The van der Waals surface area contributed by atoms with E-state index in [2.05, 4.69) is 25.7 Å². The second-order valence-electron chi connectivity index (χ2n) is 7.10. The molecular formula is C22H27IN6O2. The third kappa shape index (κ3) is 5.66. The number of benzene rings is 1. The van der Waals surface area contributed by atoms with E-state index >= 15 is 0 Å². The number of guanidine groups is 1. The maximum atomic E-state index is 5.44. The maximum Gasteiger partial charge on any atom is 0.231 e. The third-order valence-corrected chi connectivity index (χ3v) is 4.70. The van der Waals surface area contributed by atoms with E-state index in [1.807, 2.05) is 68.0 Å². The van der Waals surface area contributed by atoms with Gasteiger partial charge in [0.1, 0.15) is 0 Å². The van der Waals surface area contributed by atoms with Gasteiger partial charge in [-0.1, -0.05) is 12.1 Å². The van der Waals surface area contributed by atoms with E-state index < -0.39 is 0 Å². The van der Waals surface area contributed by atoms with Crippen molar-refractivity contribution in [2.75, 3.05) is 13.3 Å². The van der Waals surface area contributed by atoms with Gasteiger partial charge in [0.15, 0.2) is 23.3 Å². The third-order valence-electron chi connectivity index (χ3n) is 4.70. The zero-order chi connectivity index (χ0) is 20.9. The number of nitrogens with zero attached hydrogens (tertiary/aromatic N) is 4. The number of pyridine rings is 1. The molecule has 0 aliphatic carbocycles. The first-order valence-corrected chi connectivity index (χ1v) is 10.0. The first-order chi connectivity index (χ1) is 14.6. The van der Waals surface area contributed by atoms with Crippen molar-refractivity contribution in [2.24, 2.45) is 4.99 Å². The van der Waals surface area contributed by atoms with Gasteiger partial charge in [-0.05, 0) is 56.2 Å². The molecular weight excluding hydrogens is 507 g/mol. The lowest BCUT2D eigenvalue weighted by atomic mass is 10.2. The molecule has 31 heavy (non-hydrogen) atoms. The lowest BCUT2D eigenvalue weighted by Crippen LogP contribution is -2.36. The Bertz CT molecular complexity index is 1050. The Morgan fingerprint density at radius 2 is 1.87 bits per heavy atom. The Labute approximate surface area is 199 Å². The highest BCUT2D eigenvalue weighted by Gasteiger charge is 2.13. The summed E-state index contributed by atoms with van der Waals surface area (Å²) < 4.78 is 12.6. The molecule has 0 spiro atoms. The molecule has 0 saturated heterocycles. The molecule has 0 radical (unpaired) electrons. The van der Waals surface area contributed by atoms with Gasteiger partial charge >= 0.3 is 0 Å². The number of fused-ring (bicyclic) bond motifs is 1. The summed E-state index contributed by atoms with van der Waals surface area (Å²) in [4.78, 5) is 9.21. The molecule has 0 atom stereocenters. The fourth-order valence-corrected chi connectivity index (χ4v) is 3.25. The number of aromatic nitrogens is 3. The van der Waals surface area contributed by atoms with Gasteiger partial charge in [-0.25, -0.2) is 14.7 Å². The van der Waals surface area contributed by atoms with Gasteiger partial charge in [-0.2, -0.15) is 5.10 Å². The predicted octanol–water partition coefficient (Wildman–Crippen LogP) is 3.49. The van der Waals surface area contributed by atoms with E-state index in [0.717, 1.165) is 52.3 Å². The summed E-state index contributed by atoms with van der Waals surface area (Å²) in [5.41, 5.74) is 4.17. The van der Waals surface area contributed by atoms with E-state index in [9.17, 15) is 0 Å². The van der Waals surface area contributed by atoms with Gasteiger partial charge in [0.05, 0.1) is 12.2 Å². The van der Waals surface area contributed by atoms with Gasteiger partial charge in [-0.15, -0.1) is 24.0 Å². The molecule has 3 aromatic rings. The fourth-order valence-electron chi connectivity index (χ4n) is 3.25. The second kappa shape index (κ2) is 10.5. The molecule has 0 unspecified atom stereocenters. The Hall–Kier alpha value is -2.82. The Kier molecular flexibility index (Phi) is 7.72. The minimum absolute atomic E-state index is 0. The van der Waals surface area contributed by atoms with E-state index in [1.165, 1.54) is 0 Å². The van der Waals surface area contributed by atoms with E-state index in [4.69, 9.17) is 9.47 Å². The maximum absolute atomic E-state index is 5.44. The second-order valence-corrected chi connectivity index (χ2v) is 7.10. The fraction of sp³-hybridized carbons (Fsp3) is 0.318. The summed E-state index contributed by atoms with van der Waals surface area (Å²) in [5.74, 6) is 3.12. The van der Waals surface area contributed by atoms with E-state index in [-0.39, 0.29) is 30.8 Å². The van der Waals surface area contributed by atoms with Crippen LogP contribution in [-0.4, -0.2) is 34.1 Å². The van der Waals surface area contributed by atoms with Crippen LogP contribution in [0.3, 0.4) is 0 Å². The van der Waals surface area contributed by atoms with Crippen LogP contribution in [0.15, 0.2) is 47.6 Å². The number of rotatable bonds is 6. The van der Waals surface area contributed by atoms with Crippen LogP contribution in [0.1, 0.15) is 29.4 Å². The average Bonchev–Trinajstić information content (AvgIpc) is 3.35. The summed E-state index contributed by atoms with van der Waals surface area (Å²) in [6.45, 7) is 8.27. The summed E-state index contributed by atoms with van der Waals surface area (Å²) in [6.07, 6.45) is 1.84. The lowest BCUT2D eigenvalue weighted by Gasteiger charge is -2.12. The zero-order valence-electron chi connectivity index (χ0n) is 17.9. The molecule has 164 valence electrons. The highest BCUT2D eigenvalue weighted by molar-refractivity contribution is 14.0. The van der Waals surface area contributed by atoms with Gasteiger partial charge in [0.2, 0.25) is 6.79 Å². The van der Waals surface area contributed by atoms with Crippen molar-refractivity contribution < 1.29 is 9.47 Å². The lowest BCUT2D eigenvalue weighted by molar-refractivity contribution is 0.174. The molecule has 2 N–H and O–H groups in total. The Morgan fingerprint density at radius 3 is 2.58 bits per heavy atom. The molecule has 0 bridgehead atoms. The number of aryl methyl sites for hydroxylation is 2. The predicted molar refractivity (Wildman–Crippen MR) is 130 cm³/mol. The monoisotopic (exact) mass is 534 g/mol. The first kappa shape index (κ1) is 22.9. The van der Waals surface area contributed by atoms with Gasteiger partial charge in [-0.3, -0.25) is 0 Å². The quantitative estimate of drug-likeness (QED) is 0.286. The molecule has 0 fully saturated rings. The zero-order valence-corrected chi connectivity index (χ0v) is 20.2. The minimum atomic E-state index is 0. The molecule has 1 aliphatic rings. The van der Waals surface area contributed by atoms with Gasteiger partial charge in [0.25, 0.3) is 0 Å². The molecule has 2 aromatic heterocycles. The van der Waals surface area contributed by atoms with Crippen molar-refractivity contribution >= 4 is 29.9 Å². The minimum Gasteiger partial charge on any atom is -0.454 e. The number of halogens is 1. The van der Waals surface area contributed by atoms with Crippen molar-refractivity contribution in [3.63, 3.8) is 0 Å². The number of hydrogen-bond acceptors (Lipinski definition) is 5. The van der Waals surface area contributed by atoms with E-state index in [1.54, 1.807) is 0 Å². The molecule has 3 heterocycles. The molecule has 8 nitrogen and oxygen atoms in total. The van der Waals surface area contributed by atoms with Crippen LogP contribution in [0, 0.1) is 13.8 Å². The highest BCUT2D eigenvalue weighted by Crippen LogP contribution is 2.32. The summed E-state index contributed by atoms with van der Waals surface area (Å²) >= 11 is 0. The summed E-state index contributed by atoms with van der Waals surface area (Å²) in [5, 5.41) is 11.1.